The summed E-state index contributed by atoms with van der Waals surface area (Å²) in [7, 11) is -3.94. The predicted octanol–water partition coefficient (Wildman–Crippen LogP) is 3.82. The molecule has 0 N–H and O–H groups in total. The minimum Gasteiger partial charge on any atom is -0.461 e. The molecule has 1 fully saturated rings. The van der Waals surface area contributed by atoms with Gasteiger partial charge in [-0.3, -0.25) is 14.5 Å². The van der Waals surface area contributed by atoms with E-state index in [2.05, 4.69) is 0 Å². The van der Waals surface area contributed by atoms with Crippen LogP contribution in [0.5, 0.6) is 0 Å². The van der Waals surface area contributed by atoms with Crippen LogP contribution >= 0.6 is 0 Å². The predicted molar refractivity (Wildman–Crippen MR) is 143 cm³/mol. The van der Waals surface area contributed by atoms with Gasteiger partial charge in [-0.15, -0.1) is 0 Å². The molecule has 3 aromatic carbocycles. The lowest BCUT2D eigenvalue weighted by Crippen LogP contribution is -2.62. The van der Waals surface area contributed by atoms with Crippen molar-refractivity contribution in [1.29, 1.82) is 0 Å². The number of sulfone groups is 1. The van der Waals surface area contributed by atoms with Crippen molar-refractivity contribution in [1.82, 2.24) is 4.90 Å². The topological polar surface area (TPSA) is 107 Å². The molecule has 2 aliphatic heterocycles. The van der Waals surface area contributed by atoms with Crippen molar-refractivity contribution in [3.63, 3.8) is 0 Å². The SMILES string of the molecule is CC(=O)OCC1=C(C(=O)OC(c2ccccc2)c2ccccc2)N2C(=O)/C(=C/c3ccccc3)[C@H]2S(=O)(=O)C1. The molecule has 39 heavy (non-hydrogen) atoms. The van der Waals surface area contributed by atoms with E-state index in [-0.39, 0.29) is 16.8 Å². The number of benzene rings is 3. The summed E-state index contributed by atoms with van der Waals surface area (Å²) >= 11 is 0. The number of fused-ring (bicyclic) bond motifs is 1. The number of carbonyl (C=O) groups is 3. The Morgan fingerprint density at radius 1 is 0.923 bits per heavy atom. The van der Waals surface area contributed by atoms with E-state index >= 15 is 0 Å². The molecule has 5 rings (SSSR count). The van der Waals surface area contributed by atoms with Gasteiger partial charge >= 0.3 is 11.9 Å². The number of amides is 1. The first-order valence-corrected chi connectivity index (χ1v) is 14.0. The van der Waals surface area contributed by atoms with E-state index in [1.165, 1.54) is 13.0 Å². The molecule has 9 heteroatoms. The fraction of sp³-hybridized carbons (Fsp3) is 0.167. The summed E-state index contributed by atoms with van der Waals surface area (Å²) in [5.41, 5.74) is 1.86. The second-order valence-corrected chi connectivity index (χ2v) is 11.2. The van der Waals surface area contributed by atoms with Gasteiger partial charge in [-0.25, -0.2) is 13.2 Å². The second-order valence-electron chi connectivity index (χ2n) is 9.18. The molecule has 0 unspecified atom stereocenters. The average molecular weight is 544 g/mol. The highest BCUT2D eigenvalue weighted by atomic mass is 32.2. The zero-order chi connectivity index (χ0) is 27.6. The maximum atomic E-state index is 13.8. The number of esters is 2. The second kappa shape index (κ2) is 10.7. The highest BCUT2D eigenvalue weighted by Crippen LogP contribution is 2.42. The summed E-state index contributed by atoms with van der Waals surface area (Å²) in [6.07, 6.45) is 0.688. The Bertz CT molecular complexity index is 1540. The standard InChI is InChI=1S/C30H25NO7S/c1-20(32)37-18-24-19-39(35,36)29-25(17-21-11-5-2-6-12-21)28(33)31(29)26(24)30(34)38-27(22-13-7-3-8-14-22)23-15-9-4-10-16-23/h2-17,27,29H,18-19H2,1H3/b25-17-/t29-/m1/s1. The first kappa shape index (κ1) is 26.1. The van der Waals surface area contributed by atoms with Crippen LogP contribution in [0.3, 0.4) is 0 Å². The van der Waals surface area contributed by atoms with E-state index in [1.807, 2.05) is 66.7 Å². The van der Waals surface area contributed by atoms with E-state index in [1.54, 1.807) is 24.3 Å². The summed E-state index contributed by atoms with van der Waals surface area (Å²) in [6, 6.07) is 27.0. The van der Waals surface area contributed by atoms with E-state index in [9.17, 15) is 22.8 Å². The minimum absolute atomic E-state index is 0.0153. The van der Waals surface area contributed by atoms with Crippen LogP contribution < -0.4 is 0 Å². The number of β-lactam (4-membered cyclic amide) rings is 1. The van der Waals surface area contributed by atoms with Gasteiger partial charge in [0.2, 0.25) is 0 Å². The Labute approximate surface area is 226 Å². The van der Waals surface area contributed by atoms with E-state index in [0.717, 1.165) is 4.90 Å². The van der Waals surface area contributed by atoms with Gasteiger partial charge in [0.15, 0.2) is 21.3 Å². The lowest BCUT2D eigenvalue weighted by atomic mass is 9.99. The monoisotopic (exact) mass is 543 g/mol. The fourth-order valence-corrected chi connectivity index (χ4v) is 6.65. The number of rotatable bonds is 7. The number of carbonyl (C=O) groups excluding carboxylic acids is 3. The van der Waals surface area contributed by atoms with Crippen LogP contribution in [-0.4, -0.2) is 48.9 Å². The fourth-order valence-electron chi connectivity index (χ4n) is 4.71. The smallest absolute Gasteiger partial charge is 0.356 e. The zero-order valence-electron chi connectivity index (χ0n) is 21.0. The molecule has 3 aromatic rings. The molecule has 198 valence electrons. The van der Waals surface area contributed by atoms with E-state index in [0.29, 0.717) is 16.7 Å². The van der Waals surface area contributed by atoms with Crippen molar-refractivity contribution in [3.8, 4) is 0 Å². The first-order chi connectivity index (χ1) is 18.8. The molecule has 1 atom stereocenters. The lowest BCUT2D eigenvalue weighted by Gasteiger charge is -2.46. The zero-order valence-corrected chi connectivity index (χ0v) is 21.8. The highest BCUT2D eigenvalue weighted by Gasteiger charge is 2.57. The number of nitrogens with zero attached hydrogens (tertiary/aromatic N) is 1. The van der Waals surface area contributed by atoms with Crippen molar-refractivity contribution < 1.29 is 32.3 Å². The van der Waals surface area contributed by atoms with Gasteiger partial charge in [-0.2, -0.15) is 0 Å². The molecule has 0 aromatic heterocycles. The molecule has 1 amide bonds. The number of ether oxygens (including phenoxy) is 2. The Morgan fingerprint density at radius 2 is 1.46 bits per heavy atom. The number of hydrogen-bond acceptors (Lipinski definition) is 7. The molecule has 2 aliphatic rings. The van der Waals surface area contributed by atoms with Gasteiger partial charge in [-0.1, -0.05) is 91.0 Å². The normalized spacial score (nSPS) is 18.9. The number of hydrogen-bond donors (Lipinski definition) is 0. The van der Waals surface area contributed by atoms with Gasteiger partial charge < -0.3 is 9.47 Å². The van der Waals surface area contributed by atoms with Gasteiger partial charge in [-0.05, 0) is 22.8 Å². The lowest BCUT2D eigenvalue weighted by molar-refractivity contribution is -0.149. The Kier molecular flexibility index (Phi) is 7.17. The maximum Gasteiger partial charge on any atom is 0.356 e. The maximum absolute atomic E-state index is 13.8. The Balaban J connectivity index is 1.56. The first-order valence-electron chi connectivity index (χ1n) is 12.2. The molecule has 8 nitrogen and oxygen atoms in total. The Hall–Kier alpha value is -4.50. The van der Waals surface area contributed by atoms with Crippen molar-refractivity contribution in [2.45, 2.75) is 18.4 Å². The third kappa shape index (κ3) is 5.26. The molecule has 0 aliphatic carbocycles. The molecule has 2 heterocycles. The molecule has 0 saturated carbocycles. The van der Waals surface area contributed by atoms with E-state index < -0.39 is 51.5 Å². The summed E-state index contributed by atoms with van der Waals surface area (Å²) in [4.78, 5) is 39.6. The highest BCUT2D eigenvalue weighted by molar-refractivity contribution is 7.92. The molecular formula is C30H25NO7S. The van der Waals surface area contributed by atoms with Crippen molar-refractivity contribution in [3.05, 3.63) is 125 Å². The molecule has 1 saturated heterocycles. The van der Waals surface area contributed by atoms with Gasteiger partial charge in [0.1, 0.15) is 12.3 Å². The molecule has 0 spiro atoms. The summed E-state index contributed by atoms with van der Waals surface area (Å²) in [6.45, 7) is 0.712. The van der Waals surface area contributed by atoms with Crippen LogP contribution in [0.4, 0.5) is 0 Å². The summed E-state index contributed by atoms with van der Waals surface area (Å²) < 4.78 is 37.7. The van der Waals surface area contributed by atoms with Crippen LogP contribution in [-0.2, 0) is 33.7 Å². The van der Waals surface area contributed by atoms with Crippen molar-refractivity contribution in [2.24, 2.45) is 0 Å². The summed E-state index contributed by atoms with van der Waals surface area (Å²) in [5, 5.41) is -1.35. The average Bonchev–Trinajstić information content (AvgIpc) is 2.94. The van der Waals surface area contributed by atoms with Crippen LogP contribution in [0.2, 0.25) is 0 Å². The molecule has 0 radical (unpaired) electrons. The minimum atomic E-state index is -3.94. The largest absolute Gasteiger partial charge is 0.461 e. The third-order valence-corrected chi connectivity index (χ3v) is 8.35. The van der Waals surface area contributed by atoms with Crippen molar-refractivity contribution in [2.75, 3.05) is 12.4 Å². The van der Waals surface area contributed by atoms with E-state index in [4.69, 9.17) is 9.47 Å². The van der Waals surface area contributed by atoms with Crippen LogP contribution in [0.15, 0.2) is 108 Å². The quantitative estimate of drug-likeness (QED) is 0.253. The van der Waals surface area contributed by atoms with Crippen LogP contribution in [0.1, 0.15) is 29.7 Å². The van der Waals surface area contributed by atoms with Crippen LogP contribution in [0, 0.1) is 0 Å². The molecular weight excluding hydrogens is 518 g/mol. The van der Waals surface area contributed by atoms with Crippen molar-refractivity contribution >= 4 is 33.8 Å². The van der Waals surface area contributed by atoms with Gasteiger partial charge in [0, 0.05) is 12.5 Å². The van der Waals surface area contributed by atoms with Crippen LogP contribution in [0.25, 0.3) is 6.08 Å². The Morgan fingerprint density at radius 3 is 2.00 bits per heavy atom. The molecule has 0 bridgehead atoms. The van der Waals surface area contributed by atoms with Gasteiger partial charge in [0.25, 0.3) is 5.91 Å². The summed E-state index contributed by atoms with van der Waals surface area (Å²) in [5.74, 6) is -2.73. The van der Waals surface area contributed by atoms with Gasteiger partial charge in [0.05, 0.1) is 11.3 Å². The third-order valence-electron chi connectivity index (χ3n) is 6.45.